The molecule has 1 unspecified atom stereocenters. The zero-order chi connectivity index (χ0) is 11.4. The highest BCUT2D eigenvalue weighted by Crippen LogP contribution is 2.36. The summed E-state index contributed by atoms with van der Waals surface area (Å²) in [6, 6.07) is 9.50. The van der Waals surface area contributed by atoms with Crippen LogP contribution < -0.4 is 5.32 Å². The number of hydrogen-bond donors (Lipinski definition) is 1. The third kappa shape index (κ3) is 2.80. The summed E-state index contributed by atoms with van der Waals surface area (Å²) in [5.41, 5.74) is 1.53. The van der Waals surface area contributed by atoms with Gasteiger partial charge in [-0.2, -0.15) is 0 Å². The smallest absolute Gasteiger partial charge is 0.0260 e. The molecule has 2 rings (SSSR count). The maximum Gasteiger partial charge on any atom is 0.0260 e. The van der Waals surface area contributed by atoms with Crippen LogP contribution in [0.5, 0.6) is 0 Å². The van der Waals surface area contributed by atoms with Gasteiger partial charge in [-0.05, 0) is 30.9 Å². The van der Waals surface area contributed by atoms with Crippen molar-refractivity contribution in [3.05, 3.63) is 29.8 Å². The van der Waals surface area contributed by atoms with Gasteiger partial charge in [0.25, 0.3) is 0 Å². The summed E-state index contributed by atoms with van der Waals surface area (Å²) in [4.78, 5) is 1.49. The van der Waals surface area contributed by atoms with E-state index in [1.54, 1.807) is 0 Å². The molecule has 1 atom stereocenters. The van der Waals surface area contributed by atoms with Gasteiger partial charge in [-0.3, -0.25) is 0 Å². The second-order valence-electron chi connectivity index (χ2n) is 4.47. The van der Waals surface area contributed by atoms with Crippen molar-refractivity contribution in [1.29, 1.82) is 0 Å². The molecule has 0 fully saturated rings. The summed E-state index contributed by atoms with van der Waals surface area (Å²) in [6.45, 7) is 5.67. The van der Waals surface area contributed by atoms with E-state index in [9.17, 15) is 0 Å². The standard InChI is InChI=1S/C14H21NS/c1-3-12(4-2)15-10-13-9-11-7-5-6-8-14(11)16-13/h5-8,12-13,15H,3-4,9-10H2,1-2H3. The van der Waals surface area contributed by atoms with E-state index in [1.807, 2.05) is 11.8 Å². The van der Waals surface area contributed by atoms with Crippen molar-refractivity contribution in [3.63, 3.8) is 0 Å². The maximum absolute atomic E-state index is 3.68. The molecule has 1 aromatic rings. The molecule has 0 saturated heterocycles. The molecule has 1 nitrogen and oxygen atoms in total. The molecule has 0 spiro atoms. The lowest BCUT2D eigenvalue weighted by atomic mass is 10.1. The highest BCUT2D eigenvalue weighted by molar-refractivity contribution is 8.00. The summed E-state index contributed by atoms with van der Waals surface area (Å²) in [5.74, 6) is 0. The Morgan fingerprint density at radius 2 is 2.06 bits per heavy atom. The van der Waals surface area contributed by atoms with Crippen molar-refractivity contribution < 1.29 is 0 Å². The SMILES string of the molecule is CCC(CC)NCC1Cc2ccccc2S1. The van der Waals surface area contributed by atoms with E-state index in [0.717, 1.165) is 11.8 Å². The van der Waals surface area contributed by atoms with Gasteiger partial charge in [-0.1, -0.05) is 32.0 Å². The lowest BCUT2D eigenvalue weighted by molar-refractivity contribution is 0.484. The fourth-order valence-electron chi connectivity index (χ4n) is 2.24. The van der Waals surface area contributed by atoms with E-state index in [1.165, 1.54) is 29.7 Å². The molecule has 2 heteroatoms. The first-order valence-electron chi connectivity index (χ1n) is 6.31. The second-order valence-corrected chi connectivity index (χ2v) is 5.82. The summed E-state index contributed by atoms with van der Waals surface area (Å²) in [7, 11) is 0. The van der Waals surface area contributed by atoms with Crippen LogP contribution in [0, 0.1) is 0 Å². The number of rotatable bonds is 5. The monoisotopic (exact) mass is 235 g/mol. The van der Waals surface area contributed by atoms with Gasteiger partial charge in [0, 0.05) is 22.7 Å². The van der Waals surface area contributed by atoms with E-state index in [0.29, 0.717) is 6.04 Å². The molecule has 1 N–H and O–H groups in total. The van der Waals surface area contributed by atoms with Crippen molar-refractivity contribution in [1.82, 2.24) is 5.32 Å². The maximum atomic E-state index is 3.68. The molecule has 88 valence electrons. The molecule has 0 radical (unpaired) electrons. The third-order valence-corrected chi connectivity index (χ3v) is 4.65. The second kappa shape index (κ2) is 5.74. The number of hydrogen-bond acceptors (Lipinski definition) is 2. The normalized spacial score (nSPS) is 19.1. The molecule has 0 aliphatic carbocycles. The van der Waals surface area contributed by atoms with Gasteiger partial charge in [0.15, 0.2) is 0 Å². The van der Waals surface area contributed by atoms with Gasteiger partial charge >= 0.3 is 0 Å². The van der Waals surface area contributed by atoms with E-state index in [2.05, 4.69) is 43.4 Å². The fraction of sp³-hybridized carbons (Fsp3) is 0.571. The molecule has 0 bridgehead atoms. The van der Waals surface area contributed by atoms with Crippen molar-refractivity contribution in [2.75, 3.05) is 6.54 Å². The number of thioether (sulfide) groups is 1. The van der Waals surface area contributed by atoms with Crippen molar-refractivity contribution >= 4 is 11.8 Å². The van der Waals surface area contributed by atoms with Crippen LogP contribution in [-0.2, 0) is 6.42 Å². The number of fused-ring (bicyclic) bond motifs is 1. The minimum atomic E-state index is 0.698. The average molecular weight is 235 g/mol. The van der Waals surface area contributed by atoms with Crippen LogP contribution in [0.25, 0.3) is 0 Å². The van der Waals surface area contributed by atoms with E-state index in [-0.39, 0.29) is 0 Å². The van der Waals surface area contributed by atoms with Gasteiger partial charge in [-0.15, -0.1) is 11.8 Å². The van der Waals surface area contributed by atoms with Crippen LogP contribution in [-0.4, -0.2) is 17.8 Å². The van der Waals surface area contributed by atoms with Crippen LogP contribution in [0.3, 0.4) is 0 Å². The molecule has 16 heavy (non-hydrogen) atoms. The van der Waals surface area contributed by atoms with Crippen molar-refractivity contribution in [2.24, 2.45) is 0 Å². The van der Waals surface area contributed by atoms with Crippen LogP contribution >= 0.6 is 11.8 Å². The zero-order valence-electron chi connectivity index (χ0n) is 10.2. The summed E-state index contributed by atoms with van der Waals surface area (Å²) < 4.78 is 0. The minimum absolute atomic E-state index is 0.698. The summed E-state index contributed by atoms with van der Waals surface area (Å²) in [5, 5.41) is 4.41. The van der Waals surface area contributed by atoms with Crippen LogP contribution in [0.15, 0.2) is 29.2 Å². The Morgan fingerprint density at radius 1 is 1.31 bits per heavy atom. The molecule has 1 heterocycles. The Bertz CT molecular complexity index is 308. The van der Waals surface area contributed by atoms with Crippen molar-refractivity contribution in [2.45, 2.75) is 49.3 Å². The average Bonchev–Trinajstić information content (AvgIpc) is 2.73. The first-order chi connectivity index (χ1) is 7.83. The van der Waals surface area contributed by atoms with Gasteiger partial charge in [0.1, 0.15) is 0 Å². The predicted molar refractivity (Wildman–Crippen MR) is 72.2 cm³/mol. The highest BCUT2D eigenvalue weighted by Gasteiger charge is 2.21. The Morgan fingerprint density at radius 3 is 2.75 bits per heavy atom. The minimum Gasteiger partial charge on any atom is -0.313 e. The Kier molecular flexibility index (Phi) is 4.30. The van der Waals surface area contributed by atoms with Crippen molar-refractivity contribution in [3.8, 4) is 0 Å². The molecule has 1 aliphatic heterocycles. The molecular weight excluding hydrogens is 214 g/mol. The lowest BCUT2D eigenvalue weighted by Gasteiger charge is -2.17. The first-order valence-corrected chi connectivity index (χ1v) is 7.19. The van der Waals surface area contributed by atoms with E-state index >= 15 is 0 Å². The quantitative estimate of drug-likeness (QED) is 0.838. The molecule has 0 saturated carbocycles. The van der Waals surface area contributed by atoms with Crippen LogP contribution in [0.4, 0.5) is 0 Å². The Hall–Kier alpha value is -0.470. The molecule has 0 aromatic heterocycles. The van der Waals surface area contributed by atoms with Gasteiger partial charge in [0.2, 0.25) is 0 Å². The predicted octanol–water partition coefficient (Wildman–Crippen LogP) is 3.48. The van der Waals surface area contributed by atoms with E-state index in [4.69, 9.17) is 0 Å². The van der Waals surface area contributed by atoms with Gasteiger partial charge in [0.05, 0.1) is 0 Å². The van der Waals surface area contributed by atoms with Gasteiger partial charge in [-0.25, -0.2) is 0 Å². The molecule has 0 amide bonds. The number of benzene rings is 1. The largest absolute Gasteiger partial charge is 0.313 e. The summed E-state index contributed by atoms with van der Waals surface area (Å²) in [6.07, 6.45) is 3.70. The van der Waals surface area contributed by atoms with Crippen LogP contribution in [0.1, 0.15) is 32.3 Å². The Balaban J connectivity index is 1.83. The summed E-state index contributed by atoms with van der Waals surface area (Å²) >= 11 is 2.04. The zero-order valence-corrected chi connectivity index (χ0v) is 11.0. The van der Waals surface area contributed by atoms with Crippen LogP contribution in [0.2, 0.25) is 0 Å². The topological polar surface area (TPSA) is 12.0 Å². The molecule has 1 aliphatic rings. The highest BCUT2D eigenvalue weighted by atomic mass is 32.2. The lowest BCUT2D eigenvalue weighted by Crippen LogP contribution is -2.33. The number of nitrogens with one attached hydrogen (secondary N) is 1. The Labute approximate surface area is 103 Å². The van der Waals surface area contributed by atoms with E-state index < -0.39 is 0 Å². The fourth-order valence-corrected chi connectivity index (χ4v) is 3.50. The molecule has 1 aromatic carbocycles. The van der Waals surface area contributed by atoms with Gasteiger partial charge < -0.3 is 5.32 Å². The first kappa shape index (κ1) is 12.0. The molecular formula is C14H21NS. The third-order valence-electron chi connectivity index (χ3n) is 3.33.